The number of esters is 1. The van der Waals surface area contributed by atoms with Crippen molar-refractivity contribution in [2.24, 2.45) is 0 Å². The fourth-order valence-electron chi connectivity index (χ4n) is 16.7. The van der Waals surface area contributed by atoms with Crippen molar-refractivity contribution in [2.45, 2.75) is 188 Å². The summed E-state index contributed by atoms with van der Waals surface area (Å²) < 4.78 is 255. The number of aliphatic carboxylic acids is 1. The third-order valence-electron chi connectivity index (χ3n) is 24.2. The lowest BCUT2D eigenvalue weighted by Crippen LogP contribution is -2.48. The fraction of sp³-hybridized carbons (Fsp3) is 0.640. The Kier molecular flexibility index (Phi) is 53.7. The average Bonchev–Trinajstić information content (AvgIpc) is 1.04. The Balaban J connectivity index is 0.000000325. The molecule has 6 aliphatic rings. The molecule has 10 N–H and O–H groups in total. The minimum atomic E-state index is -4.00. The van der Waals surface area contributed by atoms with Crippen LogP contribution in [0.2, 0.25) is 0 Å². The number of carboxylic acids is 1. The van der Waals surface area contributed by atoms with Gasteiger partial charge in [-0.15, -0.1) is 0 Å². The van der Waals surface area contributed by atoms with Crippen molar-refractivity contribution in [1.29, 1.82) is 0 Å². The monoisotopic (exact) mass is 2060 g/mol. The average molecular weight is 2070 g/mol. The van der Waals surface area contributed by atoms with E-state index in [1.165, 1.54) is 53.3 Å². The van der Waals surface area contributed by atoms with Crippen LogP contribution in [0.3, 0.4) is 0 Å². The van der Waals surface area contributed by atoms with Gasteiger partial charge in [-0.05, 0) is 251 Å². The molecule has 0 bridgehead atoms. The van der Waals surface area contributed by atoms with Gasteiger partial charge in [-0.1, -0.05) is 105 Å². The SMILES string of the molecule is CCN(CC)CCCS(=O)(=O)O.CC[N+](CC)(CC)CCCS(=O)(=O)O.COC(=O)C1Cc2ccccc2CN1CCCS(=O)(=O)O.COc1ccc2c(c1)CN(CCCS(=O)(=O)O)CC2.COc1cccc2c1CN(CCCS(=O)(=O)O)CC2.O=C(O)C1Cc2ccccc2CN1CCCS(=O)(=O)O.O=S(=O)(O)CCCN1CCCC1.O=S(=O)(O)CCCNC1CCCc2ccccc21. The molecule has 1 aliphatic carbocycles. The first-order valence-electron chi connectivity index (χ1n) is 45.7. The third kappa shape index (κ3) is 51.6. The predicted octanol–water partition coefficient (Wildman–Crippen LogP) is 8.34. The van der Waals surface area contributed by atoms with E-state index in [9.17, 15) is 82.0 Å². The predicted molar refractivity (Wildman–Crippen MR) is 521 cm³/mol. The second-order valence-electron chi connectivity index (χ2n) is 33.9. The van der Waals surface area contributed by atoms with Crippen molar-refractivity contribution in [3.63, 3.8) is 0 Å². The van der Waals surface area contributed by atoms with Crippen molar-refractivity contribution in [2.75, 3.05) is 179 Å². The zero-order valence-electron chi connectivity index (χ0n) is 79.1. The van der Waals surface area contributed by atoms with Gasteiger partial charge in [0, 0.05) is 70.4 Å². The van der Waals surface area contributed by atoms with Crippen LogP contribution in [0.15, 0.2) is 109 Å². The van der Waals surface area contributed by atoms with E-state index in [1.807, 2.05) is 97.6 Å². The molecule has 46 heteroatoms. The maximum absolute atomic E-state index is 11.9. The summed E-state index contributed by atoms with van der Waals surface area (Å²) in [5.41, 5.74) is 12.1. The fourth-order valence-corrected chi connectivity index (χ4v) is 20.7. The molecule has 5 heterocycles. The number of aryl methyl sites for hydroxylation is 1. The van der Waals surface area contributed by atoms with Crippen molar-refractivity contribution in [1.82, 2.24) is 34.7 Å². The van der Waals surface area contributed by atoms with Crippen LogP contribution in [0.25, 0.3) is 0 Å². The van der Waals surface area contributed by atoms with Gasteiger partial charge >= 0.3 is 11.9 Å². The molecule has 3 atom stereocenters. The molecule has 1 saturated heterocycles. The number of ether oxygens (including phenoxy) is 3. The molecule has 0 radical (unpaired) electrons. The van der Waals surface area contributed by atoms with Gasteiger partial charge in [-0.25, -0.2) is 0 Å². The molecular weight excluding hydrogens is 1920 g/mol. The Morgan fingerprint density at radius 3 is 1.28 bits per heavy atom. The van der Waals surface area contributed by atoms with Crippen LogP contribution in [0.1, 0.15) is 173 Å². The molecule has 38 nitrogen and oxygen atoms in total. The number of nitrogens with one attached hydrogen (secondary N) is 1. The van der Waals surface area contributed by atoms with E-state index in [0.717, 1.165) is 162 Å². The Labute approximate surface area is 802 Å². The zero-order valence-corrected chi connectivity index (χ0v) is 85.7. The highest BCUT2D eigenvalue weighted by atomic mass is 32.2. The van der Waals surface area contributed by atoms with Crippen molar-refractivity contribution < 1.29 is 137 Å². The Hall–Kier alpha value is -6.40. The summed E-state index contributed by atoms with van der Waals surface area (Å²) in [5.74, 6) is -1.04. The quantitative estimate of drug-likeness (QED) is 0.00759. The summed E-state index contributed by atoms with van der Waals surface area (Å²) in [7, 11) is -26.1. The molecule has 3 unspecified atom stereocenters. The van der Waals surface area contributed by atoms with E-state index in [1.54, 1.807) is 19.1 Å². The lowest BCUT2D eigenvalue weighted by atomic mass is 9.88. The summed E-state index contributed by atoms with van der Waals surface area (Å²) in [4.78, 5) is 35.6. The van der Waals surface area contributed by atoms with Gasteiger partial charge in [-0.3, -0.25) is 65.6 Å². The van der Waals surface area contributed by atoms with Crippen LogP contribution in [0.4, 0.5) is 0 Å². The molecule has 5 aliphatic heterocycles. The zero-order chi connectivity index (χ0) is 101. The second kappa shape index (κ2) is 60.0. The van der Waals surface area contributed by atoms with E-state index in [0.29, 0.717) is 103 Å². The van der Waals surface area contributed by atoms with Gasteiger partial charge in [0.15, 0.2) is 0 Å². The number of nitrogens with zero attached hydrogens (tertiary/aromatic N) is 7. The maximum Gasteiger partial charge on any atom is 0.323 e. The third-order valence-corrected chi connectivity index (χ3v) is 30.6. The number of likely N-dealkylation sites (tertiary alicyclic amines) is 1. The smallest absolute Gasteiger partial charge is 0.323 e. The van der Waals surface area contributed by atoms with E-state index in [-0.39, 0.29) is 64.8 Å². The van der Waals surface area contributed by atoms with Crippen LogP contribution in [0, 0.1) is 0 Å². The minimum absolute atomic E-state index is 0.108. The molecule has 5 aromatic carbocycles. The van der Waals surface area contributed by atoms with Crippen molar-refractivity contribution in [3.8, 4) is 11.5 Å². The van der Waals surface area contributed by atoms with Gasteiger partial charge in [-0.2, -0.15) is 67.3 Å². The number of methoxy groups -OCH3 is 3. The van der Waals surface area contributed by atoms with E-state index >= 15 is 0 Å². The van der Waals surface area contributed by atoms with Crippen molar-refractivity contribution >= 4 is 92.9 Å². The largest absolute Gasteiger partial charge is 0.497 e. The number of carboxylic acid groups (broad SMARTS) is 1. The van der Waals surface area contributed by atoms with E-state index < -0.39 is 99.0 Å². The number of fused-ring (bicyclic) bond motifs is 5. The standard InChI is InChI=1S/C14H19NO5S.C13H17NO5S.2C13H19NO4S.C13H19NO3S.C9H21NO3S.C7H15NO3S.C7H17NO3S/c1-20-14(16)13-9-11-5-2-3-6-12(11)10-15(13)7-4-8-21(17,18)19;15-13(16)12-8-10-4-1-2-5-11(10)9-14(12)6-3-7-20(17,18)19;1-18-13-4-3-11-5-7-14(10-12(11)9-13)6-2-8-19(15,16)17;1-18-13-5-2-4-11-6-8-14(10-12(11)13)7-3-9-19(15,16)17;15-18(16,17)10-4-9-14-13-8-3-6-11-5-1-2-7-12(11)13;1-4-10(5-2,6-3)8-7-9-14(11,12)13;9-12(10,11)7-3-6-8-4-1-2-5-8;1-3-8(4-2)6-5-7-12(9,10)11/h2-3,5-6,13H,4,7-10H2,1H3,(H,17,18,19);1-2,4-5,12H,3,6-9H2,(H,15,16)(H,17,18,19);3-4,9H,2,5-8,10H2,1H3,(H,15,16,17);2,4-5H,3,6-10H2,1H3,(H,15,16,17);1-2,5,7,13-14H,3-4,6,8-10H2,(H,15,16,17);4-9H2,1-3H3;1-7H2,(H,9,10,11);3-7H2,1-2H3,(H,9,10,11)/p+1. The van der Waals surface area contributed by atoms with Crippen LogP contribution < -0.4 is 14.8 Å². The summed E-state index contributed by atoms with van der Waals surface area (Å²) in [6.45, 7) is 26.9. The first-order valence-corrected chi connectivity index (χ1v) is 58.5. The van der Waals surface area contributed by atoms with Crippen molar-refractivity contribution in [3.05, 3.63) is 165 Å². The molecule has 0 saturated carbocycles. The van der Waals surface area contributed by atoms with Crippen LogP contribution in [0.5, 0.6) is 11.5 Å². The normalized spacial score (nSPS) is 17.2. The molecule has 0 amide bonds. The molecule has 0 spiro atoms. The van der Waals surface area contributed by atoms with Crippen LogP contribution >= 0.6 is 0 Å². The number of carbonyl (C=O) groups excluding carboxylic acids is 1. The Bertz CT molecular complexity index is 5330. The Morgan fingerprint density at radius 2 is 0.822 bits per heavy atom. The van der Waals surface area contributed by atoms with Crippen LogP contribution in [-0.4, -0.2) is 345 Å². The summed E-state index contributed by atoms with van der Waals surface area (Å²) >= 11 is 0. The molecule has 1 fully saturated rings. The first-order chi connectivity index (χ1) is 63.3. The van der Waals surface area contributed by atoms with E-state index in [4.69, 9.17) is 50.6 Å². The summed E-state index contributed by atoms with van der Waals surface area (Å²) in [5, 5.41) is 12.7. The minimum Gasteiger partial charge on any atom is -0.497 e. The molecular formula is C89H147N8O30S8+. The molecule has 770 valence electrons. The number of rotatable bonds is 42. The number of quaternary nitrogens is 1. The second-order valence-corrected chi connectivity index (χ2v) is 46.4. The van der Waals surface area contributed by atoms with Gasteiger partial charge < -0.3 is 38.9 Å². The number of benzene rings is 5. The summed E-state index contributed by atoms with van der Waals surface area (Å²) in [6, 6.07) is 35.3. The molecule has 5 aromatic rings. The molecule has 135 heavy (non-hydrogen) atoms. The highest BCUT2D eigenvalue weighted by molar-refractivity contribution is 7.87. The lowest BCUT2D eigenvalue weighted by Gasteiger charge is -2.35. The Morgan fingerprint density at radius 1 is 0.407 bits per heavy atom. The first kappa shape index (κ1) is 121. The van der Waals surface area contributed by atoms with Gasteiger partial charge in [0.05, 0.1) is 93.5 Å². The molecule has 0 aromatic heterocycles. The number of hydrogen-bond donors (Lipinski definition) is 10. The summed E-state index contributed by atoms with van der Waals surface area (Å²) in [6.07, 6.45) is 12.1. The van der Waals surface area contributed by atoms with Crippen LogP contribution in [-0.2, 0) is 154 Å². The lowest BCUT2D eigenvalue weighted by molar-refractivity contribution is -0.923. The molecule has 11 rings (SSSR count). The van der Waals surface area contributed by atoms with E-state index in [2.05, 4.69) is 76.0 Å². The number of carbonyl (C=O) groups is 2. The van der Waals surface area contributed by atoms with Gasteiger partial charge in [0.2, 0.25) is 0 Å². The van der Waals surface area contributed by atoms with Gasteiger partial charge in [0.1, 0.15) is 23.6 Å². The number of hydrogen-bond acceptors (Lipinski definition) is 28. The highest BCUT2D eigenvalue weighted by Gasteiger charge is 2.34. The highest BCUT2D eigenvalue weighted by Crippen LogP contribution is 2.32. The maximum atomic E-state index is 11.9. The topological polar surface area (TPSA) is 548 Å². The van der Waals surface area contributed by atoms with Gasteiger partial charge in [0.25, 0.3) is 80.9 Å².